The summed E-state index contributed by atoms with van der Waals surface area (Å²) in [4.78, 5) is 14.0. The zero-order valence-corrected chi connectivity index (χ0v) is 13.9. The van der Waals surface area contributed by atoms with Gasteiger partial charge in [-0.25, -0.2) is 4.68 Å². The van der Waals surface area contributed by atoms with Gasteiger partial charge >= 0.3 is 0 Å². The largest absolute Gasteiger partial charge is 0.382 e. The average molecular weight is 324 g/mol. The van der Waals surface area contributed by atoms with Gasteiger partial charge in [0, 0.05) is 25.4 Å². The number of hydrogen-bond donors (Lipinski definition) is 2. The molecule has 24 heavy (non-hydrogen) atoms. The van der Waals surface area contributed by atoms with Crippen molar-refractivity contribution in [1.29, 1.82) is 0 Å². The van der Waals surface area contributed by atoms with Gasteiger partial charge in [-0.15, -0.1) is 0 Å². The molecule has 124 valence electrons. The van der Waals surface area contributed by atoms with Crippen LogP contribution in [0.2, 0.25) is 0 Å². The third-order valence-electron chi connectivity index (χ3n) is 3.76. The van der Waals surface area contributed by atoms with E-state index in [4.69, 9.17) is 5.73 Å². The lowest BCUT2D eigenvalue weighted by atomic mass is 10.2. The van der Waals surface area contributed by atoms with E-state index in [9.17, 15) is 4.79 Å². The Labute approximate surface area is 140 Å². The number of aryl methyl sites for hydroxylation is 2. The Morgan fingerprint density at radius 2 is 2.08 bits per heavy atom. The summed E-state index contributed by atoms with van der Waals surface area (Å²) in [6, 6.07) is 11.6. The molecule has 0 atom stereocenters. The number of rotatable bonds is 4. The van der Waals surface area contributed by atoms with Gasteiger partial charge in [0.25, 0.3) is 5.91 Å². The maximum atomic E-state index is 12.4. The van der Waals surface area contributed by atoms with Gasteiger partial charge in [-0.3, -0.25) is 9.89 Å². The van der Waals surface area contributed by atoms with Crippen molar-refractivity contribution in [2.24, 2.45) is 0 Å². The van der Waals surface area contributed by atoms with Gasteiger partial charge in [0.2, 0.25) is 0 Å². The van der Waals surface area contributed by atoms with Crippen LogP contribution in [0.4, 0.5) is 5.82 Å². The molecule has 0 saturated heterocycles. The monoisotopic (exact) mass is 324 g/mol. The Balaban J connectivity index is 1.79. The Morgan fingerprint density at radius 1 is 1.29 bits per heavy atom. The second-order valence-corrected chi connectivity index (χ2v) is 5.88. The van der Waals surface area contributed by atoms with Gasteiger partial charge in [0.1, 0.15) is 11.5 Å². The first-order valence-electron chi connectivity index (χ1n) is 7.63. The molecular formula is C17H20N6O. The summed E-state index contributed by atoms with van der Waals surface area (Å²) in [6.45, 7) is 4.46. The molecule has 1 amide bonds. The minimum atomic E-state index is -0.157. The van der Waals surface area contributed by atoms with E-state index in [0.29, 0.717) is 18.1 Å². The second-order valence-electron chi connectivity index (χ2n) is 5.88. The molecule has 0 aliphatic carbocycles. The van der Waals surface area contributed by atoms with Crippen LogP contribution >= 0.6 is 0 Å². The van der Waals surface area contributed by atoms with E-state index in [1.54, 1.807) is 11.9 Å². The number of anilines is 1. The van der Waals surface area contributed by atoms with E-state index in [2.05, 4.69) is 15.3 Å². The van der Waals surface area contributed by atoms with Crippen LogP contribution < -0.4 is 5.73 Å². The number of H-pyrrole nitrogens is 1. The summed E-state index contributed by atoms with van der Waals surface area (Å²) >= 11 is 0. The topological polar surface area (TPSA) is 92.8 Å². The number of amides is 1. The molecule has 0 spiro atoms. The quantitative estimate of drug-likeness (QED) is 0.768. The molecule has 0 aliphatic heterocycles. The number of nitrogen functional groups attached to an aromatic ring is 1. The van der Waals surface area contributed by atoms with E-state index in [0.717, 1.165) is 22.6 Å². The Bertz CT molecular complexity index is 879. The average Bonchev–Trinajstić information content (AvgIpc) is 3.12. The highest BCUT2D eigenvalue weighted by atomic mass is 16.2. The number of hydrogen-bond acceptors (Lipinski definition) is 4. The normalized spacial score (nSPS) is 10.8. The number of nitrogens with one attached hydrogen (secondary N) is 1. The highest BCUT2D eigenvalue weighted by Crippen LogP contribution is 2.15. The van der Waals surface area contributed by atoms with Crippen molar-refractivity contribution in [2.45, 2.75) is 20.4 Å². The van der Waals surface area contributed by atoms with Gasteiger partial charge in [-0.2, -0.15) is 10.2 Å². The molecule has 3 rings (SSSR count). The van der Waals surface area contributed by atoms with E-state index in [1.807, 2.05) is 48.9 Å². The maximum absolute atomic E-state index is 12.4. The number of carbonyl (C=O) groups excluding carboxylic acids is 1. The molecule has 0 radical (unpaired) electrons. The zero-order valence-electron chi connectivity index (χ0n) is 13.9. The predicted molar refractivity (Wildman–Crippen MR) is 91.8 cm³/mol. The number of aromatic nitrogens is 4. The lowest BCUT2D eigenvalue weighted by Crippen LogP contribution is -2.26. The fourth-order valence-corrected chi connectivity index (χ4v) is 2.67. The van der Waals surface area contributed by atoms with Crippen LogP contribution in [0, 0.1) is 13.8 Å². The molecule has 2 aromatic heterocycles. The van der Waals surface area contributed by atoms with Crippen molar-refractivity contribution in [3.05, 3.63) is 59.0 Å². The van der Waals surface area contributed by atoms with E-state index >= 15 is 0 Å². The molecule has 1 aromatic carbocycles. The van der Waals surface area contributed by atoms with Crippen LogP contribution in [-0.4, -0.2) is 37.8 Å². The smallest absolute Gasteiger partial charge is 0.271 e. The first-order valence-corrected chi connectivity index (χ1v) is 7.63. The number of benzene rings is 1. The SMILES string of the molecule is Cc1cc(C)n(-c2cccc(CN(C)C(=O)c3cc(N)n[nH]3)c2)n1. The maximum Gasteiger partial charge on any atom is 0.271 e. The molecule has 0 fully saturated rings. The number of aromatic amines is 1. The molecule has 3 N–H and O–H groups in total. The summed E-state index contributed by atoms with van der Waals surface area (Å²) in [5.41, 5.74) is 9.97. The summed E-state index contributed by atoms with van der Waals surface area (Å²) in [6.07, 6.45) is 0. The minimum Gasteiger partial charge on any atom is -0.382 e. The Morgan fingerprint density at radius 3 is 2.71 bits per heavy atom. The molecule has 0 bridgehead atoms. The standard InChI is InChI=1S/C17H20N6O/c1-11-7-12(2)23(21-11)14-6-4-5-13(8-14)10-22(3)17(24)15-9-16(18)20-19-15/h4-9H,10H2,1-3H3,(H3,18,19,20). The molecule has 7 nitrogen and oxygen atoms in total. The molecule has 0 unspecified atom stereocenters. The first-order chi connectivity index (χ1) is 11.4. The third-order valence-corrected chi connectivity index (χ3v) is 3.76. The summed E-state index contributed by atoms with van der Waals surface area (Å²) in [5, 5.41) is 10.9. The van der Waals surface area contributed by atoms with Crippen molar-refractivity contribution in [3.8, 4) is 5.69 Å². The van der Waals surface area contributed by atoms with Crippen LogP contribution in [0.5, 0.6) is 0 Å². The predicted octanol–water partition coefficient (Wildman–Crippen LogP) is 2.07. The van der Waals surface area contributed by atoms with Gasteiger partial charge in [-0.05, 0) is 37.6 Å². The van der Waals surface area contributed by atoms with Gasteiger partial charge in [0.15, 0.2) is 0 Å². The van der Waals surface area contributed by atoms with Crippen LogP contribution in [0.1, 0.15) is 27.4 Å². The minimum absolute atomic E-state index is 0.157. The summed E-state index contributed by atoms with van der Waals surface area (Å²) in [5.74, 6) is 0.147. The van der Waals surface area contributed by atoms with Crippen molar-refractivity contribution in [1.82, 2.24) is 24.9 Å². The molecule has 0 saturated carbocycles. The third kappa shape index (κ3) is 3.15. The van der Waals surface area contributed by atoms with E-state index in [-0.39, 0.29) is 5.91 Å². The zero-order chi connectivity index (χ0) is 17.3. The Kier molecular flexibility index (Phi) is 4.07. The highest BCUT2D eigenvalue weighted by molar-refractivity contribution is 5.92. The highest BCUT2D eigenvalue weighted by Gasteiger charge is 2.15. The van der Waals surface area contributed by atoms with Crippen LogP contribution in [0.15, 0.2) is 36.4 Å². The second kappa shape index (κ2) is 6.19. The molecule has 2 heterocycles. The van der Waals surface area contributed by atoms with Crippen LogP contribution in [-0.2, 0) is 6.54 Å². The van der Waals surface area contributed by atoms with E-state index < -0.39 is 0 Å². The van der Waals surface area contributed by atoms with Crippen LogP contribution in [0.25, 0.3) is 5.69 Å². The number of carbonyl (C=O) groups is 1. The number of nitrogens with two attached hydrogens (primary N) is 1. The number of nitrogens with zero attached hydrogens (tertiary/aromatic N) is 4. The fraction of sp³-hybridized carbons (Fsp3) is 0.235. The van der Waals surface area contributed by atoms with Crippen molar-refractivity contribution in [3.63, 3.8) is 0 Å². The molecular weight excluding hydrogens is 304 g/mol. The van der Waals surface area contributed by atoms with E-state index in [1.165, 1.54) is 6.07 Å². The van der Waals surface area contributed by atoms with Crippen LogP contribution in [0.3, 0.4) is 0 Å². The van der Waals surface area contributed by atoms with Gasteiger partial charge in [-0.1, -0.05) is 12.1 Å². The molecule has 3 aromatic rings. The fourth-order valence-electron chi connectivity index (χ4n) is 2.67. The van der Waals surface area contributed by atoms with Gasteiger partial charge in [0.05, 0.1) is 11.4 Å². The molecule has 0 aliphatic rings. The van der Waals surface area contributed by atoms with Crippen molar-refractivity contribution in [2.75, 3.05) is 12.8 Å². The summed E-state index contributed by atoms with van der Waals surface area (Å²) in [7, 11) is 1.75. The molecule has 7 heteroatoms. The summed E-state index contributed by atoms with van der Waals surface area (Å²) < 4.78 is 1.90. The Hall–Kier alpha value is -3.09. The van der Waals surface area contributed by atoms with Crippen molar-refractivity contribution >= 4 is 11.7 Å². The lowest BCUT2D eigenvalue weighted by Gasteiger charge is -2.17. The lowest BCUT2D eigenvalue weighted by molar-refractivity contribution is 0.0779. The first kappa shape index (κ1) is 15.8. The van der Waals surface area contributed by atoms with Crippen molar-refractivity contribution < 1.29 is 4.79 Å². The van der Waals surface area contributed by atoms with Gasteiger partial charge < -0.3 is 10.6 Å².